The van der Waals surface area contributed by atoms with E-state index in [0.29, 0.717) is 13.0 Å². The molecule has 0 aliphatic rings. The van der Waals surface area contributed by atoms with Gasteiger partial charge in [-0.15, -0.1) is 0 Å². The van der Waals surface area contributed by atoms with E-state index in [1.807, 2.05) is 68.4 Å². The van der Waals surface area contributed by atoms with Gasteiger partial charge in [-0.2, -0.15) is 0 Å². The number of carbonyl (C=O) groups excluding carboxylic acids is 2. The van der Waals surface area contributed by atoms with E-state index in [0.717, 1.165) is 39.4 Å². The number of likely N-dealkylation sites (N-methyl/N-ethyl adjacent to an activating group) is 1. The molecule has 3 aromatic rings. The number of benzene rings is 3. The molecule has 0 radical (unpaired) electrons. The summed E-state index contributed by atoms with van der Waals surface area (Å²) in [5.74, 6) is -2.87. The van der Waals surface area contributed by atoms with E-state index in [-0.39, 0.29) is 43.4 Å². The van der Waals surface area contributed by atoms with E-state index < -0.39 is 27.7 Å². The number of hydrogen-bond donors (Lipinski definition) is 1. The lowest BCUT2D eigenvalue weighted by molar-refractivity contribution is -0.141. The highest BCUT2D eigenvalue weighted by Gasteiger charge is 2.30. The number of carbonyl (C=O) groups is 2. The van der Waals surface area contributed by atoms with Crippen LogP contribution in [0.4, 0.5) is 14.5 Å². The Hall–Kier alpha value is -3.79. The van der Waals surface area contributed by atoms with Crippen molar-refractivity contribution in [1.29, 1.82) is 0 Å². The summed E-state index contributed by atoms with van der Waals surface area (Å²) < 4.78 is 53.1. The van der Waals surface area contributed by atoms with Gasteiger partial charge in [-0.3, -0.25) is 13.9 Å². The molecular weight excluding hydrogens is 536 g/mol. The molecule has 0 spiro atoms. The number of halogens is 2. The minimum absolute atomic E-state index is 0.0327. The van der Waals surface area contributed by atoms with Crippen molar-refractivity contribution < 1.29 is 26.8 Å². The zero-order valence-corrected chi connectivity index (χ0v) is 23.8. The Bertz CT molecular complexity index is 1400. The van der Waals surface area contributed by atoms with E-state index in [1.54, 1.807) is 0 Å². The molecule has 0 saturated carbocycles. The second-order valence-electron chi connectivity index (χ2n) is 9.64. The molecule has 40 heavy (non-hydrogen) atoms. The summed E-state index contributed by atoms with van der Waals surface area (Å²) in [4.78, 5) is 28.5. The molecule has 0 aromatic heterocycles. The molecule has 2 amide bonds. The number of anilines is 1. The predicted molar refractivity (Wildman–Crippen MR) is 152 cm³/mol. The third kappa shape index (κ3) is 8.61. The molecular formula is C30H35F2N3O4S. The van der Waals surface area contributed by atoms with Crippen LogP contribution < -0.4 is 9.62 Å². The molecule has 10 heteroatoms. The van der Waals surface area contributed by atoms with Crippen molar-refractivity contribution >= 4 is 27.5 Å². The summed E-state index contributed by atoms with van der Waals surface area (Å²) in [7, 11) is -3.84. The average molecular weight is 572 g/mol. The first-order valence-corrected chi connectivity index (χ1v) is 14.9. The molecule has 0 saturated heterocycles. The molecule has 0 aliphatic carbocycles. The summed E-state index contributed by atoms with van der Waals surface area (Å²) in [6.07, 6.45) is 1.30. The molecule has 3 rings (SSSR count). The molecule has 3 aromatic carbocycles. The molecule has 0 fully saturated rings. The van der Waals surface area contributed by atoms with Crippen LogP contribution >= 0.6 is 0 Å². The lowest BCUT2D eigenvalue weighted by Gasteiger charge is -2.32. The topological polar surface area (TPSA) is 86.8 Å². The number of amides is 2. The Morgan fingerprint density at radius 1 is 0.925 bits per heavy atom. The number of hydrogen-bond acceptors (Lipinski definition) is 4. The van der Waals surface area contributed by atoms with E-state index in [1.165, 1.54) is 11.0 Å². The molecule has 0 heterocycles. The fourth-order valence-corrected chi connectivity index (χ4v) is 5.34. The number of nitrogens with zero attached hydrogens (tertiary/aromatic N) is 2. The summed E-state index contributed by atoms with van der Waals surface area (Å²) in [6, 6.07) is 19.1. The number of nitrogens with one attached hydrogen (secondary N) is 1. The minimum Gasteiger partial charge on any atom is -0.355 e. The summed E-state index contributed by atoms with van der Waals surface area (Å²) in [5.41, 5.74) is 2.77. The maximum atomic E-state index is 13.8. The van der Waals surface area contributed by atoms with Crippen LogP contribution in [0.3, 0.4) is 0 Å². The minimum atomic E-state index is -3.84. The van der Waals surface area contributed by atoms with Crippen molar-refractivity contribution in [3.05, 3.63) is 101 Å². The highest BCUT2D eigenvalue weighted by molar-refractivity contribution is 7.92. The smallest absolute Gasteiger partial charge is 0.243 e. The Labute approximate surface area is 234 Å². The van der Waals surface area contributed by atoms with Gasteiger partial charge in [-0.05, 0) is 43.5 Å². The fourth-order valence-electron chi connectivity index (χ4n) is 4.38. The predicted octanol–water partition coefficient (Wildman–Crippen LogP) is 4.60. The van der Waals surface area contributed by atoms with Crippen LogP contribution in [0.15, 0.2) is 72.8 Å². The maximum Gasteiger partial charge on any atom is 0.243 e. The second-order valence-corrected chi connectivity index (χ2v) is 11.6. The Morgan fingerprint density at radius 3 is 2.20 bits per heavy atom. The Kier molecular flexibility index (Phi) is 10.8. The summed E-state index contributed by atoms with van der Waals surface area (Å²) >= 11 is 0. The third-order valence-corrected chi connectivity index (χ3v) is 7.63. The van der Waals surface area contributed by atoms with Crippen LogP contribution in [0.1, 0.15) is 36.5 Å². The standard InChI is InChI=1S/C30H35F2N3O4S/c1-4-33-30(37)28(19-23-9-6-5-7-10-23)34(21-24-14-12-22(2)13-15-24)29(36)11-8-18-35(40(3,38)39)25-16-17-26(31)27(32)20-25/h5-7,9-10,12-17,20,28H,4,8,11,18-19,21H2,1-3H3,(H,33,37)/t28-/m0/s1. The molecule has 0 aliphatic heterocycles. The van der Waals surface area contributed by atoms with Crippen molar-refractivity contribution in [1.82, 2.24) is 10.2 Å². The van der Waals surface area contributed by atoms with E-state index in [9.17, 15) is 26.8 Å². The van der Waals surface area contributed by atoms with Gasteiger partial charge in [0.25, 0.3) is 0 Å². The highest BCUT2D eigenvalue weighted by Crippen LogP contribution is 2.22. The van der Waals surface area contributed by atoms with Crippen molar-refractivity contribution in [2.75, 3.05) is 23.7 Å². The molecule has 1 atom stereocenters. The largest absolute Gasteiger partial charge is 0.355 e. The normalized spacial score (nSPS) is 12.0. The van der Waals surface area contributed by atoms with Gasteiger partial charge in [0.2, 0.25) is 21.8 Å². The van der Waals surface area contributed by atoms with Gasteiger partial charge in [0.15, 0.2) is 11.6 Å². The molecule has 1 N–H and O–H groups in total. The highest BCUT2D eigenvalue weighted by atomic mass is 32.2. The van der Waals surface area contributed by atoms with Gasteiger partial charge in [0.1, 0.15) is 6.04 Å². The van der Waals surface area contributed by atoms with Crippen molar-refractivity contribution in [2.45, 2.75) is 45.7 Å². The number of sulfonamides is 1. The zero-order chi connectivity index (χ0) is 29.3. The van der Waals surface area contributed by atoms with E-state index >= 15 is 0 Å². The monoisotopic (exact) mass is 571 g/mol. The summed E-state index contributed by atoms with van der Waals surface area (Å²) in [5, 5.41) is 2.84. The summed E-state index contributed by atoms with van der Waals surface area (Å²) in [6.45, 7) is 4.22. The molecule has 0 unspecified atom stereocenters. The number of rotatable bonds is 13. The van der Waals surface area contributed by atoms with Crippen LogP contribution in [0, 0.1) is 18.6 Å². The van der Waals surface area contributed by atoms with Crippen LogP contribution in [0.5, 0.6) is 0 Å². The fraction of sp³-hybridized carbons (Fsp3) is 0.333. The average Bonchev–Trinajstić information content (AvgIpc) is 2.91. The van der Waals surface area contributed by atoms with Crippen LogP contribution in [0.25, 0.3) is 0 Å². The van der Waals surface area contributed by atoms with Gasteiger partial charge >= 0.3 is 0 Å². The van der Waals surface area contributed by atoms with Gasteiger partial charge in [-0.25, -0.2) is 17.2 Å². The Balaban J connectivity index is 1.86. The second kappa shape index (κ2) is 14.0. The van der Waals surface area contributed by atoms with E-state index in [4.69, 9.17) is 0 Å². The van der Waals surface area contributed by atoms with E-state index in [2.05, 4.69) is 5.32 Å². The number of aryl methyl sites for hydroxylation is 1. The van der Waals surface area contributed by atoms with Crippen LogP contribution in [0.2, 0.25) is 0 Å². The van der Waals surface area contributed by atoms with Gasteiger partial charge in [0.05, 0.1) is 11.9 Å². The first-order chi connectivity index (χ1) is 19.0. The SMILES string of the molecule is CCNC(=O)[C@H](Cc1ccccc1)N(Cc1ccc(C)cc1)C(=O)CCCN(c1ccc(F)c(F)c1)S(C)(=O)=O. The van der Waals surface area contributed by atoms with Gasteiger partial charge < -0.3 is 10.2 Å². The zero-order valence-electron chi connectivity index (χ0n) is 22.9. The molecule has 7 nitrogen and oxygen atoms in total. The Morgan fingerprint density at radius 2 is 1.60 bits per heavy atom. The molecule has 214 valence electrons. The quantitative estimate of drug-likeness (QED) is 0.325. The lowest BCUT2D eigenvalue weighted by Crippen LogP contribution is -2.50. The van der Waals surface area contributed by atoms with Gasteiger partial charge in [0, 0.05) is 38.5 Å². The van der Waals surface area contributed by atoms with Crippen molar-refractivity contribution in [2.24, 2.45) is 0 Å². The van der Waals surface area contributed by atoms with Crippen molar-refractivity contribution in [3.63, 3.8) is 0 Å². The van der Waals surface area contributed by atoms with Crippen molar-refractivity contribution in [3.8, 4) is 0 Å². The molecule has 0 bridgehead atoms. The third-order valence-electron chi connectivity index (χ3n) is 6.44. The maximum absolute atomic E-state index is 13.8. The van der Waals surface area contributed by atoms with Crippen LogP contribution in [-0.4, -0.2) is 50.5 Å². The first kappa shape index (κ1) is 30.7. The van der Waals surface area contributed by atoms with Crippen LogP contribution in [-0.2, 0) is 32.6 Å². The van der Waals surface area contributed by atoms with Gasteiger partial charge in [-0.1, -0.05) is 60.2 Å². The lowest BCUT2D eigenvalue weighted by atomic mass is 10.0. The first-order valence-electron chi connectivity index (χ1n) is 13.1.